The SMILES string of the molecule is COc1ccc2c3c1O[C@H]1C(=O)CC[C@@]4(OC)[C@H](CCCC314)C2. The number of ketones is 1. The van der Waals surface area contributed by atoms with Crippen molar-refractivity contribution >= 4 is 5.78 Å². The molecule has 0 N–H and O–H groups in total. The summed E-state index contributed by atoms with van der Waals surface area (Å²) in [7, 11) is 3.50. The number of hydrogen-bond donors (Lipinski definition) is 0. The Morgan fingerprint density at radius 1 is 1.26 bits per heavy atom. The van der Waals surface area contributed by atoms with Crippen LogP contribution in [-0.4, -0.2) is 31.7 Å². The highest BCUT2D eigenvalue weighted by Crippen LogP contribution is 2.67. The van der Waals surface area contributed by atoms with Crippen LogP contribution in [0.1, 0.15) is 43.2 Å². The Morgan fingerprint density at radius 2 is 2.13 bits per heavy atom. The van der Waals surface area contributed by atoms with E-state index in [-0.39, 0.29) is 16.8 Å². The molecular formula is C19H22O4. The van der Waals surface area contributed by atoms with E-state index in [1.807, 2.05) is 13.2 Å². The lowest BCUT2D eigenvalue weighted by Gasteiger charge is -2.61. The monoisotopic (exact) mass is 314 g/mol. The first-order valence-electron chi connectivity index (χ1n) is 8.63. The largest absolute Gasteiger partial charge is 0.493 e. The molecule has 0 amide bonds. The van der Waals surface area contributed by atoms with E-state index in [1.165, 1.54) is 17.5 Å². The van der Waals surface area contributed by atoms with Crippen molar-refractivity contribution in [1.29, 1.82) is 0 Å². The van der Waals surface area contributed by atoms with Crippen molar-refractivity contribution in [2.24, 2.45) is 5.92 Å². The first-order valence-corrected chi connectivity index (χ1v) is 8.63. The van der Waals surface area contributed by atoms with Crippen molar-refractivity contribution in [3.8, 4) is 11.5 Å². The second-order valence-corrected chi connectivity index (χ2v) is 7.45. The van der Waals surface area contributed by atoms with Crippen molar-refractivity contribution in [1.82, 2.24) is 0 Å². The van der Waals surface area contributed by atoms with Crippen molar-refractivity contribution < 1.29 is 19.0 Å². The van der Waals surface area contributed by atoms with Gasteiger partial charge in [0.05, 0.1) is 18.1 Å². The fraction of sp³-hybridized carbons (Fsp3) is 0.632. The molecule has 4 atom stereocenters. The van der Waals surface area contributed by atoms with Crippen LogP contribution >= 0.6 is 0 Å². The van der Waals surface area contributed by atoms with Crippen molar-refractivity contribution in [2.45, 2.75) is 55.6 Å². The molecule has 1 aromatic rings. The van der Waals surface area contributed by atoms with Crippen LogP contribution in [0.3, 0.4) is 0 Å². The molecule has 0 saturated heterocycles. The lowest BCUT2D eigenvalue weighted by Crippen LogP contribution is -2.70. The number of carbonyl (C=O) groups is 1. The van der Waals surface area contributed by atoms with Crippen LogP contribution in [0.15, 0.2) is 12.1 Å². The fourth-order valence-corrected chi connectivity index (χ4v) is 6.21. The highest BCUT2D eigenvalue weighted by Gasteiger charge is 2.72. The topological polar surface area (TPSA) is 44.8 Å². The van der Waals surface area contributed by atoms with Gasteiger partial charge in [-0.2, -0.15) is 0 Å². The zero-order valence-electron chi connectivity index (χ0n) is 13.7. The molecule has 4 heteroatoms. The van der Waals surface area contributed by atoms with Crippen molar-refractivity contribution in [3.63, 3.8) is 0 Å². The second kappa shape index (κ2) is 4.29. The van der Waals surface area contributed by atoms with Crippen LogP contribution in [0.5, 0.6) is 11.5 Å². The van der Waals surface area contributed by atoms with Gasteiger partial charge in [-0.25, -0.2) is 0 Å². The number of benzene rings is 1. The number of hydrogen-bond acceptors (Lipinski definition) is 4. The Kier molecular flexibility index (Phi) is 2.59. The average Bonchev–Trinajstić information content (AvgIpc) is 2.91. The molecule has 2 fully saturated rings. The Balaban J connectivity index is 1.87. The van der Waals surface area contributed by atoms with E-state index in [1.54, 1.807) is 7.11 Å². The zero-order chi connectivity index (χ0) is 15.8. The molecule has 3 aliphatic carbocycles. The Labute approximate surface area is 136 Å². The van der Waals surface area contributed by atoms with Crippen molar-refractivity contribution in [3.05, 3.63) is 23.3 Å². The van der Waals surface area contributed by atoms with Gasteiger partial charge in [0.15, 0.2) is 23.4 Å². The maximum absolute atomic E-state index is 12.8. The fourth-order valence-electron chi connectivity index (χ4n) is 6.21. The normalized spacial score (nSPS) is 39.7. The molecule has 23 heavy (non-hydrogen) atoms. The van der Waals surface area contributed by atoms with E-state index in [0.29, 0.717) is 12.3 Å². The smallest absolute Gasteiger partial charge is 0.174 e. The predicted octanol–water partition coefficient (Wildman–Crippen LogP) is 2.80. The van der Waals surface area contributed by atoms with Crippen molar-refractivity contribution in [2.75, 3.05) is 14.2 Å². The standard InChI is InChI=1S/C19H22O4/c1-21-14-6-5-11-10-12-4-3-8-18-15(11)16(14)23-17(18)13(20)7-9-19(12,18)22-2/h5-6,12,17H,3-4,7-10H2,1-2H3/t12-,17+,18?,19-/m1/s1. The summed E-state index contributed by atoms with van der Waals surface area (Å²) in [6.07, 6.45) is 5.29. The van der Waals surface area contributed by atoms with E-state index in [2.05, 4.69) is 6.07 Å². The molecule has 5 rings (SSSR count). The second-order valence-electron chi connectivity index (χ2n) is 7.45. The summed E-state index contributed by atoms with van der Waals surface area (Å²) in [4.78, 5) is 12.8. The summed E-state index contributed by atoms with van der Waals surface area (Å²) in [6, 6.07) is 4.16. The van der Waals surface area contributed by atoms with Gasteiger partial charge in [-0.05, 0) is 43.2 Å². The van der Waals surface area contributed by atoms with E-state index < -0.39 is 6.10 Å². The molecule has 0 radical (unpaired) electrons. The molecule has 122 valence electrons. The number of ether oxygens (including phenoxy) is 3. The van der Waals surface area contributed by atoms with Crippen LogP contribution in [-0.2, 0) is 21.4 Å². The maximum atomic E-state index is 12.8. The third-order valence-electron chi connectivity index (χ3n) is 6.96. The van der Waals surface area contributed by atoms with Crippen LogP contribution in [0.2, 0.25) is 0 Å². The molecule has 1 unspecified atom stereocenters. The lowest BCUT2D eigenvalue weighted by molar-refractivity contribution is -0.190. The van der Waals surface area contributed by atoms with E-state index >= 15 is 0 Å². The van der Waals surface area contributed by atoms with Gasteiger partial charge >= 0.3 is 0 Å². The summed E-state index contributed by atoms with van der Waals surface area (Å²) in [5, 5.41) is 0. The molecule has 1 aromatic carbocycles. The lowest BCUT2D eigenvalue weighted by atomic mass is 9.45. The van der Waals surface area contributed by atoms with E-state index in [9.17, 15) is 4.79 Å². The predicted molar refractivity (Wildman–Crippen MR) is 84.1 cm³/mol. The van der Waals surface area contributed by atoms with Gasteiger partial charge in [-0.15, -0.1) is 0 Å². The van der Waals surface area contributed by atoms with Gasteiger partial charge in [0.1, 0.15) is 0 Å². The van der Waals surface area contributed by atoms with Gasteiger partial charge in [0.2, 0.25) is 0 Å². The Morgan fingerprint density at radius 3 is 2.91 bits per heavy atom. The molecule has 1 spiro atoms. The molecular weight excluding hydrogens is 292 g/mol. The van der Waals surface area contributed by atoms with Gasteiger partial charge < -0.3 is 14.2 Å². The third kappa shape index (κ3) is 1.33. The van der Waals surface area contributed by atoms with Gasteiger partial charge in [0.25, 0.3) is 0 Å². The Hall–Kier alpha value is -1.55. The van der Waals surface area contributed by atoms with Gasteiger partial charge in [-0.1, -0.05) is 12.5 Å². The third-order valence-corrected chi connectivity index (χ3v) is 6.96. The number of Topliss-reactive ketones (excluding diaryl/α,β-unsaturated/α-hetero) is 1. The van der Waals surface area contributed by atoms with E-state index in [0.717, 1.165) is 37.2 Å². The number of carbonyl (C=O) groups excluding carboxylic acids is 1. The summed E-state index contributed by atoms with van der Waals surface area (Å²) in [6.45, 7) is 0. The molecule has 4 aliphatic rings. The molecule has 2 saturated carbocycles. The minimum absolute atomic E-state index is 0.226. The van der Waals surface area contributed by atoms with E-state index in [4.69, 9.17) is 14.2 Å². The Bertz CT molecular complexity index is 712. The van der Waals surface area contributed by atoms with Crippen LogP contribution in [0.25, 0.3) is 0 Å². The first-order chi connectivity index (χ1) is 11.2. The highest BCUT2D eigenvalue weighted by molar-refractivity contribution is 5.90. The maximum Gasteiger partial charge on any atom is 0.174 e. The van der Waals surface area contributed by atoms with Gasteiger partial charge in [0, 0.05) is 19.1 Å². The summed E-state index contributed by atoms with van der Waals surface area (Å²) in [5.41, 5.74) is 1.98. The summed E-state index contributed by atoms with van der Waals surface area (Å²) >= 11 is 0. The van der Waals surface area contributed by atoms with Crippen LogP contribution in [0, 0.1) is 5.92 Å². The molecule has 4 nitrogen and oxygen atoms in total. The number of methoxy groups -OCH3 is 2. The quantitative estimate of drug-likeness (QED) is 0.842. The number of rotatable bonds is 2. The summed E-state index contributed by atoms with van der Waals surface area (Å²) in [5.74, 6) is 2.25. The minimum atomic E-state index is -0.399. The van der Waals surface area contributed by atoms with Gasteiger partial charge in [-0.3, -0.25) is 4.79 Å². The highest BCUT2D eigenvalue weighted by atomic mass is 16.5. The zero-order valence-corrected chi connectivity index (χ0v) is 13.7. The average molecular weight is 314 g/mol. The van der Waals surface area contributed by atoms with Crippen LogP contribution < -0.4 is 9.47 Å². The molecule has 2 bridgehead atoms. The molecule has 1 aliphatic heterocycles. The summed E-state index contributed by atoms with van der Waals surface area (Å²) < 4.78 is 18.1. The minimum Gasteiger partial charge on any atom is -0.493 e. The first kappa shape index (κ1) is 13.8. The van der Waals surface area contributed by atoms with Crippen LogP contribution in [0.4, 0.5) is 0 Å². The molecule has 0 aromatic heterocycles. The molecule has 1 heterocycles.